The first-order valence-electron chi connectivity index (χ1n) is 11.5. The van der Waals surface area contributed by atoms with Crippen LogP contribution in [0.1, 0.15) is 40.4 Å². The van der Waals surface area contributed by atoms with Gasteiger partial charge in [0.05, 0.1) is 17.8 Å². The highest BCUT2D eigenvalue weighted by Gasteiger charge is 2.41. The van der Waals surface area contributed by atoms with Crippen molar-refractivity contribution < 1.29 is 9.53 Å². The van der Waals surface area contributed by atoms with E-state index in [1.54, 1.807) is 0 Å². The lowest BCUT2D eigenvalue weighted by Crippen LogP contribution is -2.36. The van der Waals surface area contributed by atoms with Crippen LogP contribution >= 0.6 is 15.9 Å². The maximum Gasteiger partial charge on any atom is 0.255 e. The summed E-state index contributed by atoms with van der Waals surface area (Å²) < 4.78 is 9.28. The molecule has 1 aromatic heterocycles. The number of halogens is 1. The van der Waals surface area contributed by atoms with Crippen molar-refractivity contribution in [3.8, 4) is 11.3 Å². The van der Waals surface area contributed by atoms with Crippen LogP contribution < -0.4 is 0 Å². The summed E-state index contributed by atoms with van der Waals surface area (Å²) in [7, 11) is 2.12. The van der Waals surface area contributed by atoms with Gasteiger partial charge in [-0.3, -0.25) is 4.79 Å². The maximum atomic E-state index is 13.7. The molecule has 2 atom stereocenters. The fraction of sp³-hybridized carbons (Fsp3) is 0.250. The molecule has 0 saturated carbocycles. The Morgan fingerprint density at radius 2 is 1.76 bits per heavy atom. The topological polar surface area (TPSA) is 34.5 Å². The van der Waals surface area contributed by atoms with Crippen LogP contribution in [0.2, 0.25) is 0 Å². The number of ether oxygens (including phenoxy) is 1. The van der Waals surface area contributed by atoms with E-state index in [9.17, 15) is 4.79 Å². The summed E-state index contributed by atoms with van der Waals surface area (Å²) in [5.41, 5.74) is 6.52. The van der Waals surface area contributed by atoms with Crippen molar-refractivity contribution in [2.45, 2.75) is 25.0 Å². The first kappa shape index (κ1) is 20.7. The average molecular weight is 501 g/mol. The smallest absolute Gasteiger partial charge is 0.255 e. The van der Waals surface area contributed by atoms with Gasteiger partial charge in [-0.05, 0) is 48.2 Å². The van der Waals surface area contributed by atoms with Gasteiger partial charge in [-0.15, -0.1) is 0 Å². The van der Waals surface area contributed by atoms with E-state index in [2.05, 4.69) is 82.1 Å². The fourth-order valence-electron chi connectivity index (χ4n) is 5.53. The van der Waals surface area contributed by atoms with Crippen molar-refractivity contribution in [1.29, 1.82) is 0 Å². The van der Waals surface area contributed by atoms with Gasteiger partial charge < -0.3 is 14.2 Å². The molecule has 2 aliphatic heterocycles. The molecular formula is C28H25BrN2O2. The van der Waals surface area contributed by atoms with Crippen LogP contribution in [0.25, 0.3) is 22.2 Å². The molecule has 6 rings (SSSR count). The number of aromatic nitrogens is 1. The van der Waals surface area contributed by atoms with Crippen molar-refractivity contribution in [3.63, 3.8) is 0 Å². The fourth-order valence-corrected chi connectivity index (χ4v) is 5.80. The number of carbonyl (C=O) groups is 1. The van der Waals surface area contributed by atoms with Crippen LogP contribution in [0.3, 0.4) is 0 Å². The van der Waals surface area contributed by atoms with Gasteiger partial charge in [-0.2, -0.15) is 0 Å². The number of amides is 1. The van der Waals surface area contributed by atoms with E-state index in [-0.39, 0.29) is 18.1 Å². The number of benzene rings is 3. The second-order valence-electron chi connectivity index (χ2n) is 8.93. The molecule has 1 amide bonds. The number of hydrogen-bond acceptors (Lipinski definition) is 2. The molecule has 1 saturated heterocycles. The van der Waals surface area contributed by atoms with Crippen molar-refractivity contribution in [2.75, 3.05) is 13.2 Å². The van der Waals surface area contributed by atoms with Crippen LogP contribution in [0.15, 0.2) is 77.3 Å². The maximum absolute atomic E-state index is 13.7. The predicted molar refractivity (Wildman–Crippen MR) is 134 cm³/mol. The van der Waals surface area contributed by atoms with Crippen molar-refractivity contribution in [3.05, 3.63) is 94.0 Å². The molecule has 0 spiro atoms. The third kappa shape index (κ3) is 3.33. The summed E-state index contributed by atoms with van der Waals surface area (Å²) in [4.78, 5) is 15.7. The number of hydrogen-bond donors (Lipinski definition) is 0. The number of aryl methyl sites for hydroxylation is 1. The molecule has 3 aromatic carbocycles. The summed E-state index contributed by atoms with van der Waals surface area (Å²) in [6.45, 7) is 1.39. The molecular weight excluding hydrogens is 476 g/mol. The Labute approximate surface area is 201 Å². The van der Waals surface area contributed by atoms with Gasteiger partial charge in [0, 0.05) is 46.7 Å². The van der Waals surface area contributed by atoms with Gasteiger partial charge in [0.25, 0.3) is 5.91 Å². The Morgan fingerprint density at radius 1 is 1.00 bits per heavy atom. The summed E-state index contributed by atoms with van der Waals surface area (Å²) in [5.74, 6) is 0.0980. The molecule has 4 nitrogen and oxygen atoms in total. The van der Waals surface area contributed by atoms with E-state index in [1.807, 2.05) is 23.1 Å². The molecule has 3 heterocycles. The van der Waals surface area contributed by atoms with Crippen molar-refractivity contribution in [1.82, 2.24) is 9.47 Å². The zero-order valence-electron chi connectivity index (χ0n) is 18.5. The van der Waals surface area contributed by atoms with Gasteiger partial charge in [-0.25, -0.2) is 0 Å². The normalized spacial score (nSPS) is 20.1. The van der Waals surface area contributed by atoms with E-state index in [4.69, 9.17) is 4.74 Å². The third-order valence-corrected chi connectivity index (χ3v) is 7.55. The minimum Gasteiger partial charge on any atom is -0.376 e. The molecule has 0 aliphatic carbocycles. The van der Waals surface area contributed by atoms with Gasteiger partial charge in [0.15, 0.2) is 0 Å². The highest BCUT2D eigenvalue weighted by Crippen LogP contribution is 2.46. The Hall–Kier alpha value is -2.89. The van der Waals surface area contributed by atoms with E-state index < -0.39 is 0 Å². The van der Waals surface area contributed by atoms with Crippen LogP contribution in [-0.4, -0.2) is 34.6 Å². The Kier molecular flexibility index (Phi) is 5.11. The molecule has 5 heteroatoms. The Bertz CT molecular complexity index is 1350. The van der Waals surface area contributed by atoms with Gasteiger partial charge >= 0.3 is 0 Å². The highest BCUT2D eigenvalue weighted by atomic mass is 79.9. The zero-order valence-corrected chi connectivity index (χ0v) is 20.1. The Morgan fingerprint density at radius 3 is 2.55 bits per heavy atom. The number of fused-ring (bicyclic) bond motifs is 2. The summed E-state index contributed by atoms with van der Waals surface area (Å²) in [5, 5.41) is 1.18. The van der Waals surface area contributed by atoms with E-state index >= 15 is 0 Å². The quantitative estimate of drug-likeness (QED) is 0.328. The summed E-state index contributed by atoms with van der Waals surface area (Å²) in [6.07, 6.45) is 2.15. The van der Waals surface area contributed by atoms with Gasteiger partial charge in [0.1, 0.15) is 0 Å². The van der Waals surface area contributed by atoms with Crippen LogP contribution in [0.5, 0.6) is 0 Å². The zero-order chi connectivity index (χ0) is 22.5. The van der Waals surface area contributed by atoms with Crippen molar-refractivity contribution >= 4 is 32.7 Å². The second kappa shape index (κ2) is 8.15. The monoisotopic (exact) mass is 500 g/mol. The lowest BCUT2D eigenvalue weighted by molar-refractivity contribution is 0.0501. The Balaban J connectivity index is 1.61. The van der Waals surface area contributed by atoms with E-state index in [1.165, 1.54) is 16.5 Å². The molecule has 0 radical (unpaired) electrons. The first-order valence-corrected chi connectivity index (χ1v) is 12.3. The number of carbonyl (C=O) groups excluding carboxylic acids is 1. The van der Waals surface area contributed by atoms with Crippen LogP contribution in [-0.2, 0) is 11.8 Å². The average Bonchev–Trinajstić information content (AvgIpc) is 3.52. The molecule has 0 unspecified atom stereocenters. The largest absolute Gasteiger partial charge is 0.376 e. The molecule has 0 bridgehead atoms. The highest BCUT2D eigenvalue weighted by molar-refractivity contribution is 9.10. The number of para-hydroxylation sites is 1. The minimum atomic E-state index is -0.150. The summed E-state index contributed by atoms with van der Waals surface area (Å²) in [6, 6.07) is 24.9. The molecule has 4 aromatic rings. The van der Waals surface area contributed by atoms with Crippen molar-refractivity contribution in [2.24, 2.45) is 7.05 Å². The lowest BCUT2D eigenvalue weighted by Gasteiger charge is -2.29. The predicted octanol–water partition coefficient (Wildman–Crippen LogP) is 6.33. The van der Waals surface area contributed by atoms with E-state index in [0.29, 0.717) is 6.54 Å². The van der Waals surface area contributed by atoms with Crippen LogP contribution in [0.4, 0.5) is 0 Å². The van der Waals surface area contributed by atoms with E-state index in [0.717, 1.165) is 46.3 Å². The minimum absolute atomic E-state index is 0.0943. The molecule has 166 valence electrons. The SMILES string of the molecule is Cn1c(-c2ccc(Br)cc2)c([C@@H]2c3ccccc3C(=O)N2C[C@@H]2CCCO2)c2ccccc21. The third-order valence-electron chi connectivity index (χ3n) is 7.02. The van der Waals surface area contributed by atoms with Gasteiger partial charge in [-0.1, -0.05) is 64.5 Å². The number of rotatable bonds is 4. The molecule has 0 N–H and O–H groups in total. The second-order valence-corrected chi connectivity index (χ2v) is 9.84. The van der Waals surface area contributed by atoms with Crippen LogP contribution in [0, 0.1) is 0 Å². The standard InChI is InChI=1S/C28H25BrN2O2/c1-30-24-11-5-4-10-23(24)25(26(30)18-12-14-19(29)15-13-18)27-21-8-2-3-9-22(21)28(32)31(27)17-20-7-6-16-33-20/h2-5,8-15,20,27H,6-7,16-17H2,1H3/t20-,27-/m0/s1. The molecule has 1 fully saturated rings. The summed E-state index contributed by atoms with van der Waals surface area (Å²) >= 11 is 3.57. The first-order chi connectivity index (χ1) is 16.1. The lowest BCUT2D eigenvalue weighted by atomic mass is 9.93. The molecule has 2 aliphatic rings. The molecule has 33 heavy (non-hydrogen) atoms. The number of nitrogens with zero attached hydrogens (tertiary/aromatic N) is 2. The van der Waals surface area contributed by atoms with Gasteiger partial charge in [0.2, 0.25) is 0 Å².